The molecule has 5 rings (SSSR count). The van der Waals surface area contributed by atoms with Crippen LogP contribution in [0, 0.1) is 0 Å². The summed E-state index contributed by atoms with van der Waals surface area (Å²) in [4.78, 5) is 25.5. The van der Waals surface area contributed by atoms with Gasteiger partial charge in [-0.1, -0.05) is 18.2 Å². The molecular weight excluding hydrogens is 454 g/mol. The Morgan fingerprint density at radius 2 is 2.00 bits per heavy atom. The highest BCUT2D eigenvalue weighted by molar-refractivity contribution is 8.00. The van der Waals surface area contributed by atoms with Gasteiger partial charge in [0.05, 0.1) is 17.1 Å². The Hall–Kier alpha value is -2.40. The number of halogens is 1. The van der Waals surface area contributed by atoms with Crippen molar-refractivity contribution in [2.24, 2.45) is 0 Å². The highest BCUT2D eigenvalue weighted by Crippen LogP contribution is 2.51. The number of hydrogen-bond acceptors (Lipinski definition) is 9. The van der Waals surface area contributed by atoms with E-state index in [1.54, 1.807) is 49.4 Å². The molecule has 0 bridgehead atoms. The fourth-order valence-electron chi connectivity index (χ4n) is 4.08. The molecule has 0 aliphatic carbocycles. The molecule has 2 saturated heterocycles. The summed E-state index contributed by atoms with van der Waals surface area (Å²) in [6.07, 6.45) is 1.17. The number of hydrogen-bond donors (Lipinski definition) is 1. The molecule has 3 aromatic rings. The molecular formula is C21H22ClN5O4S. The molecule has 32 heavy (non-hydrogen) atoms. The van der Waals surface area contributed by atoms with Crippen LogP contribution in [0.2, 0.25) is 5.28 Å². The molecule has 4 atom stereocenters. The minimum atomic E-state index is -0.755. The van der Waals surface area contributed by atoms with Gasteiger partial charge in [-0.25, -0.2) is 9.78 Å². The van der Waals surface area contributed by atoms with E-state index in [2.05, 4.69) is 20.3 Å². The summed E-state index contributed by atoms with van der Waals surface area (Å²) in [5.74, 6) is -0.568. The molecule has 2 aliphatic heterocycles. The number of aromatic nitrogens is 4. The van der Waals surface area contributed by atoms with Crippen LogP contribution in [0.4, 0.5) is 5.82 Å². The molecule has 0 unspecified atom stereocenters. The van der Waals surface area contributed by atoms with Gasteiger partial charge in [-0.15, -0.1) is 11.8 Å². The van der Waals surface area contributed by atoms with Crippen LogP contribution >= 0.6 is 23.4 Å². The molecule has 0 radical (unpaired) electrons. The zero-order valence-electron chi connectivity index (χ0n) is 17.7. The average molecular weight is 476 g/mol. The molecule has 1 aromatic carbocycles. The van der Waals surface area contributed by atoms with Crippen molar-refractivity contribution in [3.05, 3.63) is 47.5 Å². The van der Waals surface area contributed by atoms with Crippen molar-refractivity contribution < 1.29 is 19.0 Å². The number of carbonyl (C=O) groups is 1. The summed E-state index contributed by atoms with van der Waals surface area (Å²) < 4.78 is 20.0. The van der Waals surface area contributed by atoms with Crippen LogP contribution in [0.15, 0.2) is 36.7 Å². The van der Waals surface area contributed by atoms with Gasteiger partial charge in [0, 0.05) is 7.05 Å². The highest BCUT2D eigenvalue weighted by atomic mass is 35.5. The zero-order valence-corrected chi connectivity index (χ0v) is 19.3. The molecule has 168 valence electrons. The van der Waals surface area contributed by atoms with Gasteiger partial charge in [0.25, 0.3) is 0 Å². The number of fused-ring (bicyclic) bond motifs is 2. The number of benzene rings is 1. The van der Waals surface area contributed by atoms with Gasteiger partial charge in [0.1, 0.15) is 24.2 Å². The summed E-state index contributed by atoms with van der Waals surface area (Å²) in [5.41, 5.74) is 1.73. The Balaban J connectivity index is 1.42. The quantitative estimate of drug-likeness (QED) is 0.438. The second-order valence-corrected chi connectivity index (χ2v) is 9.71. The normalized spacial score (nSPS) is 26.2. The van der Waals surface area contributed by atoms with Gasteiger partial charge in [-0.2, -0.15) is 9.97 Å². The van der Waals surface area contributed by atoms with Crippen LogP contribution in [0.25, 0.3) is 11.2 Å². The van der Waals surface area contributed by atoms with Crippen molar-refractivity contribution >= 4 is 46.3 Å². The van der Waals surface area contributed by atoms with Crippen molar-refractivity contribution in [1.82, 2.24) is 19.5 Å². The maximum Gasteiger partial charge on any atom is 0.338 e. The number of nitrogens with zero attached hydrogens (tertiary/aromatic N) is 4. The third-order valence-corrected chi connectivity index (χ3v) is 7.12. The number of ether oxygens (including phenoxy) is 3. The Labute approximate surface area is 193 Å². The fourth-order valence-corrected chi connectivity index (χ4v) is 5.77. The molecule has 0 amide bonds. The Bertz CT molecular complexity index is 1160. The lowest BCUT2D eigenvalue weighted by Crippen LogP contribution is -2.32. The van der Waals surface area contributed by atoms with E-state index in [1.165, 1.54) is 0 Å². The number of rotatable bonds is 5. The standard InChI is InChI=1S/C21H22ClN5O4S/c1-21(2)30-14-12(9-29-19(28)11-7-5-4-6-8-11)32-18(15(14)31-21)27-10-24-13-16(23-3)25-20(22)26-17(13)27/h4-8,10,12,14-15,18H,9H2,1-3H3,(H,23,25,26)/t12-,14-,15-,18-/m1/s1. The Kier molecular flexibility index (Phi) is 5.48. The van der Waals surface area contributed by atoms with E-state index in [4.69, 9.17) is 25.8 Å². The van der Waals surface area contributed by atoms with Crippen LogP contribution in [0.5, 0.6) is 0 Å². The summed E-state index contributed by atoms with van der Waals surface area (Å²) in [7, 11) is 1.75. The lowest BCUT2D eigenvalue weighted by molar-refractivity contribution is -0.149. The van der Waals surface area contributed by atoms with E-state index in [0.717, 1.165) is 0 Å². The van der Waals surface area contributed by atoms with Crippen LogP contribution in [0.3, 0.4) is 0 Å². The first kappa shape index (κ1) is 21.4. The number of thioether (sulfide) groups is 1. The average Bonchev–Trinajstić information content (AvgIpc) is 3.42. The van der Waals surface area contributed by atoms with Crippen molar-refractivity contribution in [2.75, 3.05) is 19.0 Å². The first-order chi connectivity index (χ1) is 15.4. The largest absolute Gasteiger partial charge is 0.461 e. The first-order valence-corrected chi connectivity index (χ1v) is 11.5. The summed E-state index contributed by atoms with van der Waals surface area (Å²) in [6, 6.07) is 8.93. The third kappa shape index (κ3) is 3.81. The number of nitrogens with one attached hydrogen (secondary N) is 1. The number of imidazole rings is 1. The number of esters is 1. The van der Waals surface area contributed by atoms with Crippen LogP contribution in [-0.4, -0.2) is 62.4 Å². The molecule has 2 aliphatic rings. The van der Waals surface area contributed by atoms with Crippen molar-refractivity contribution in [2.45, 2.75) is 42.5 Å². The number of carbonyl (C=O) groups excluding carboxylic acids is 1. The first-order valence-electron chi connectivity index (χ1n) is 10.2. The second kappa shape index (κ2) is 8.18. The van der Waals surface area contributed by atoms with Gasteiger partial charge in [0.2, 0.25) is 5.28 Å². The van der Waals surface area contributed by atoms with E-state index in [1.807, 2.05) is 24.5 Å². The fraction of sp³-hybridized carbons (Fsp3) is 0.429. The molecule has 9 nitrogen and oxygen atoms in total. The summed E-state index contributed by atoms with van der Waals surface area (Å²) in [6.45, 7) is 3.95. The van der Waals surface area contributed by atoms with Crippen LogP contribution < -0.4 is 5.32 Å². The molecule has 1 N–H and O–H groups in total. The monoisotopic (exact) mass is 475 g/mol. The molecule has 2 aromatic heterocycles. The van der Waals surface area contributed by atoms with Gasteiger partial charge in [-0.05, 0) is 37.6 Å². The van der Waals surface area contributed by atoms with E-state index < -0.39 is 5.79 Å². The topological polar surface area (TPSA) is 100 Å². The predicted molar refractivity (Wildman–Crippen MR) is 121 cm³/mol. The third-order valence-electron chi connectivity index (χ3n) is 5.42. The van der Waals surface area contributed by atoms with Crippen LogP contribution in [-0.2, 0) is 14.2 Å². The molecule has 11 heteroatoms. The number of anilines is 1. The van der Waals surface area contributed by atoms with Crippen molar-refractivity contribution in [1.29, 1.82) is 0 Å². The molecule has 0 saturated carbocycles. The summed E-state index contributed by atoms with van der Waals surface area (Å²) >= 11 is 7.75. The van der Waals surface area contributed by atoms with Gasteiger partial charge < -0.3 is 19.5 Å². The lowest BCUT2D eigenvalue weighted by Gasteiger charge is -2.24. The van der Waals surface area contributed by atoms with Crippen LogP contribution in [0.1, 0.15) is 29.6 Å². The van der Waals surface area contributed by atoms with Crippen molar-refractivity contribution in [3.63, 3.8) is 0 Å². The van der Waals surface area contributed by atoms with E-state index in [-0.39, 0.29) is 40.7 Å². The lowest BCUT2D eigenvalue weighted by atomic mass is 10.1. The Morgan fingerprint density at radius 1 is 1.25 bits per heavy atom. The second-order valence-electron chi connectivity index (χ2n) is 8.01. The van der Waals surface area contributed by atoms with Crippen molar-refractivity contribution in [3.8, 4) is 0 Å². The van der Waals surface area contributed by atoms with Gasteiger partial charge in [-0.3, -0.25) is 4.57 Å². The maximum atomic E-state index is 12.5. The summed E-state index contributed by atoms with van der Waals surface area (Å²) in [5, 5.41) is 2.81. The van der Waals surface area contributed by atoms with E-state index in [9.17, 15) is 4.79 Å². The SMILES string of the molecule is CNc1nc(Cl)nc2c1ncn2[C@@H]1S[C@H](COC(=O)c2ccccc2)[C@H]2OC(C)(C)O[C@H]21. The highest BCUT2D eigenvalue weighted by Gasteiger charge is 2.56. The van der Waals surface area contributed by atoms with Gasteiger partial charge >= 0.3 is 5.97 Å². The maximum absolute atomic E-state index is 12.5. The minimum absolute atomic E-state index is 0.125. The molecule has 2 fully saturated rings. The Morgan fingerprint density at radius 3 is 2.75 bits per heavy atom. The molecule has 4 heterocycles. The predicted octanol–water partition coefficient (Wildman–Crippen LogP) is 3.51. The van der Waals surface area contributed by atoms with Gasteiger partial charge in [0.15, 0.2) is 22.8 Å². The van der Waals surface area contributed by atoms with E-state index in [0.29, 0.717) is 22.5 Å². The van der Waals surface area contributed by atoms with E-state index >= 15 is 0 Å². The minimum Gasteiger partial charge on any atom is -0.461 e. The smallest absolute Gasteiger partial charge is 0.338 e. The zero-order chi connectivity index (χ0) is 22.5. The molecule has 0 spiro atoms.